The maximum absolute atomic E-state index is 4.40. The number of rotatable bonds is 6. The Bertz CT molecular complexity index is 714. The van der Waals surface area contributed by atoms with Crippen LogP contribution in [-0.2, 0) is 13.6 Å². The van der Waals surface area contributed by atoms with Crippen molar-refractivity contribution in [1.29, 1.82) is 0 Å². The smallest absolute Gasteiger partial charge is 0.139 e. The van der Waals surface area contributed by atoms with Gasteiger partial charge in [-0.15, -0.1) is 0 Å². The molecule has 1 unspecified atom stereocenters. The van der Waals surface area contributed by atoms with Crippen LogP contribution in [0.4, 0.5) is 5.69 Å². The van der Waals surface area contributed by atoms with Gasteiger partial charge in [0.2, 0.25) is 0 Å². The summed E-state index contributed by atoms with van der Waals surface area (Å²) >= 11 is 0. The summed E-state index contributed by atoms with van der Waals surface area (Å²) in [7, 11) is 2.01. The Morgan fingerprint density at radius 3 is 2.82 bits per heavy atom. The predicted octanol–water partition coefficient (Wildman–Crippen LogP) is 3.17. The van der Waals surface area contributed by atoms with Crippen molar-refractivity contribution in [3.8, 4) is 11.4 Å². The van der Waals surface area contributed by atoms with E-state index in [1.165, 1.54) is 0 Å². The Balaban J connectivity index is 1.64. The van der Waals surface area contributed by atoms with Crippen LogP contribution in [0.1, 0.15) is 13.3 Å². The number of nitrogens with zero attached hydrogens (tertiary/aromatic N) is 4. The highest BCUT2D eigenvalue weighted by atomic mass is 15.3. The molecule has 0 spiro atoms. The molecule has 114 valence electrons. The summed E-state index contributed by atoms with van der Waals surface area (Å²) in [6, 6.07) is 10.7. The molecule has 0 aliphatic carbocycles. The fourth-order valence-electron chi connectivity index (χ4n) is 2.51. The molecule has 0 aliphatic heterocycles. The van der Waals surface area contributed by atoms with Crippen LogP contribution in [0.15, 0.2) is 55.1 Å². The summed E-state index contributed by atoms with van der Waals surface area (Å²) < 4.78 is 3.99. The van der Waals surface area contributed by atoms with Gasteiger partial charge in [-0.2, -0.15) is 5.10 Å². The quantitative estimate of drug-likeness (QED) is 0.760. The Morgan fingerprint density at radius 2 is 2.09 bits per heavy atom. The van der Waals surface area contributed by atoms with Gasteiger partial charge in [0.1, 0.15) is 5.82 Å². The molecule has 0 saturated heterocycles. The second-order valence-corrected chi connectivity index (χ2v) is 5.55. The summed E-state index contributed by atoms with van der Waals surface area (Å²) in [5.41, 5.74) is 2.24. The van der Waals surface area contributed by atoms with Crippen LogP contribution in [0.25, 0.3) is 11.4 Å². The molecule has 2 heterocycles. The molecule has 1 atom stereocenters. The minimum absolute atomic E-state index is 0.376. The largest absolute Gasteiger partial charge is 0.383 e. The highest BCUT2D eigenvalue weighted by Crippen LogP contribution is 2.21. The van der Waals surface area contributed by atoms with E-state index in [2.05, 4.69) is 46.6 Å². The molecule has 0 aliphatic rings. The van der Waals surface area contributed by atoms with Crippen molar-refractivity contribution in [3.63, 3.8) is 0 Å². The van der Waals surface area contributed by atoms with E-state index in [0.29, 0.717) is 6.04 Å². The van der Waals surface area contributed by atoms with Crippen LogP contribution in [0.2, 0.25) is 0 Å². The topological polar surface area (TPSA) is 47.7 Å². The molecular weight excluding hydrogens is 274 g/mol. The van der Waals surface area contributed by atoms with E-state index in [9.17, 15) is 0 Å². The third-order valence-electron chi connectivity index (χ3n) is 3.71. The van der Waals surface area contributed by atoms with Gasteiger partial charge in [-0.1, -0.05) is 12.1 Å². The molecule has 2 aromatic heterocycles. The van der Waals surface area contributed by atoms with Crippen molar-refractivity contribution in [2.24, 2.45) is 7.05 Å². The van der Waals surface area contributed by atoms with Gasteiger partial charge >= 0.3 is 0 Å². The summed E-state index contributed by atoms with van der Waals surface area (Å²) in [5.74, 6) is 0.979. The van der Waals surface area contributed by atoms with E-state index in [1.807, 2.05) is 47.2 Å². The first-order valence-corrected chi connectivity index (χ1v) is 7.54. The predicted molar refractivity (Wildman–Crippen MR) is 88.6 cm³/mol. The monoisotopic (exact) mass is 295 g/mol. The zero-order chi connectivity index (χ0) is 15.4. The highest BCUT2D eigenvalue weighted by molar-refractivity contribution is 5.62. The molecule has 3 aromatic rings. The average molecular weight is 295 g/mol. The van der Waals surface area contributed by atoms with Crippen molar-refractivity contribution in [2.75, 3.05) is 5.32 Å². The Morgan fingerprint density at radius 1 is 1.18 bits per heavy atom. The first-order chi connectivity index (χ1) is 10.7. The second-order valence-electron chi connectivity index (χ2n) is 5.55. The zero-order valence-corrected chi connectivity index (χ0v) is 13.0. The van der Waals surface area contributed by atoms with Crippen molar-refractivity contribution in [3.05, 3.63) is 55.1 Å². The number of nitrogens with one attached hydrogen (secondary N) is 1. The third-order valence-corrected chi connectivity index (χ3v) is 3.71. The first-order valence-electron chi connectivity index (χ1n) is 7.54. The Labute approximate surface area is 130 Å². The summed E-state index contributed by atoms with van der Waals surface area (Å²) in [6.45, 7) is 3.11. The summed E-state index contributed by atoms with van der Waals surface area (Å²) in [6.07, 6.45) is 8.61. The molecule has 1 N–H and O–H groups in total. The minimum atomic E-state index is 0.376. The Kier molecular flexibility index (Phi) is 4.23. The van der Waals surface area contributed by atoms with Crippen molar-refractivity contribution in [1.82, 2.24) is 19.3 Å². The van der Waals surface area contributed by atoms with Gasteiger partial charge in [-0.25, -0.2) is 4.98 Å². The number of anilines is 1. The number of hydrogen-bond donors (Lipinski definition) is 1. The molecule has 1 aromatic carbocycles. The van der Waals surface area contributed by atoms with Gasteiger partial charge < -0.3 is 9.88 Å². The molecule has 0 radical (unpaired) electrons. The lowest BCUT2D eigenvalue weighted by molar-refractivity contribution is 0.546. The van der Waals surface area contributed by atoms with Crippen LogP contribution >= 0.6 is 0 Å². The van der Waals surface area contributed by atoms with E-state index in [-0.39, 0.29) is 0 Å². The van der Waals surface area contributed by atoms with E-state index in [0.717, 1.165) is 30.0 Å². The van der Waals surface area contributed by atoms with Crippen LogP contribution in [0, 0.1) is 0 Å². The van der Waals surface area contributed by atoms with E-state index in [1.54, 1.807) is 0 Å². The molecule has 5 heteroatoms. The number of aromatic nitrogens is 4. The SMILES string of the molecule is CC(CCn1cccn1)Nc1cccc(-c2nccn2C)c1. The minimum Gasteiger partial charge on any atom is -0.383 e. The number of hydrogen-bond acceptors (Lipinski definition) is 3. The van der Waals surface area contributed by atoms with Crippen molar-refractivity contribution >= 4 is 5.69 Å². The average Bonchev–Trinajstić information content (AvgIpc) is 3.16. The molecule has 3 rings (SSSR count). The Hall–Kier alpha value is -2.56. The van der Waals surface area contributed by atoms with Crippen LogP contribution < -0.4 is 5.32 Å². The van der Waals surface area contributed by atoms with Crippen molar-refractivity contribution in [2.45, 2.75) is 25.9 Å². The van der Waals surface area contributed by atoms with Crippen LogP contribution in [0.3, 0.4) is 0 Å². The van der Waals surface area contributed by atoms with Gasteiger partial charge in [-0.05, 0) is 31.5 Å². The van der Waals surface area contributed by atoms with E-state index >= 15 is 0 Å². The lowest BCUT2D eigenvalue weighted by Gasteiger charge is -2.16. The van der Waals surface area contributed by atoms with E-state index in [4.69, 9.17) is 0 Å². The maximum Gasteiger partial charge on any atom is 0.139 e. The van der Waals surface area contributed by atoms with Gasteiger partial charge in [0.05, 0.1) is 0 Å². The fraction of sp³-hybridized carbons (Fsp3) is 0.294. The lowest BCUT2D eigenvalue weighted by atomic mass is 10.1. The van der Waals surface area contributed by atoms with Gasteiger partial charge in [0, 0.05) is 55.7 Å². The summed E-state index contributed by atoms with van der Waals surface area (Å²) in [5, 5.41) is 7.78. The highest BCUT2D eigenvalue weighted by Gasteiger charge is 2.06. The normalized spacial score (nSPS) is 12.3. The lowest BCUT2D eigenvalue weighted by Crippen LogP contribution is -2.17. The number of imidazole rings is 1. The molecule has 0 saturated carbocycles. The van der Waals surface area contributed by atoms with Crippen LogP contribution in [-0.4, -0.2) is 25.4 Å². The van der Waals surface area contributed by atoms with Gasteiger partial charge in [0.15, 0.2) is 0 Å². The molecule has 0 amide bonds. The first kappa shape index (κ1) is 14.4. The van der Waals surface area contributed by atoms with E-state index < -0.39 is 0 Å². The molecular formula is C17H21N5. The van der Waals surface area contributed by atoms with Crippen LogP contribution in [0.5, 0.6) is 0 Å². The summed E-state index contributed by atoms with van der Waals surface area (Å²) in [4.78, 5) is 4.40. The molecule has 5 nitrogen and oxygen atoms in total. The standard InChI is InChI=1S/C17H21N5/c1-14(7-11-22-10-4-8-19-22)20-16-6-3-5-15(13-16)17-18-9-12-21(17)2/h3-6,8-10,12-14,20H,7,11H2,1-2H3. The zero-order valence-electron chi connectivity index (χ0n) is 13.0. The number of aryl methyl sites for hydroxylation is 2. The second kappa shape index (κ2) is 6.47. The van der Waals surface area contributed by atoms with Crippen molar-refractivity contribution < 1.29 is 0 Å². The number of benzene rings is 1. The van der Waals surface area contributed by atoms with Gasteiger partial charge in [0.25, 0.3) is 0 Å². The van der Waals surface area contributed by atoms with Gasteiger partial charge in [-0.3, -0.25) is 4.68 Å². The maximum atomic E-state index is 4.40. The molecule has 0 bridgehead atoms. The third kappa shape index (κ3) is 3.36. The molecule has 0 fully saturated rings. The fourth-order valence-corrected chi connectivity index (χ4v) is 2.51. The molecule has 22 heavy (non-hydrogen) atoms.